The van der Waals surface area contributed by atoms with Crippen LogP contribution in [0.25, 0.3) is 16.7 Å². The molecule has 0 unspecified atom stereocenters. The molecule has 128 valence electrons. The van der Waals surface area contributed by atoms with E-state index in [0.717, 1.165) is 27.3 Å². The number of carbonyl (C=O) groups is 1. The number of imidazole rings is 1. The second-order valence-corrected chi connectivity index (χ2v) is 6.72. The van der Waals surface area contributed by atoms with Gasteiger partial charge in [0.05, 0.1) is 11.0 Å². The van der Waals surface area contributed by atoms with Gasteiger partial charge >= 0.3 is 0 Å². The minimum atomic E-state index is -0.141. The van der Waals surface area contributed by atoms with Gasteiger partial charge in [-0.1, -0.05) is 18.2 Å². The van der Waals surface area contributed by atoms with Gasteiger partial charge in [0.1, 0.15) is 6.33 Å². The molecule has 3 aromatic carbocycles. The van der Waals surface area contributed by atoms with E-state index in [1.54, 1.807) is 18.1 Å². The number of nitrogens with zero attached hydrogens (tertiary/aromatic N) is 2. The van der Waals surface area contributed by atoms with Crippen molar-refractivity contribution in [2.75, 3.05) is 11.6 Å². The molecule has 4 rings (SSSR count). The fourth-order valence-corrected chi connectivity index (χ4v) is 3.23. The molecule has 0 saturated heterocycles. The summed E-state index contributed by atoms with van der Waals surface area (Å²) in [5.41, 5.74) is 4.17. The van der Waals surface area contributed by atoms with Crippen LogP contribution in [0, 0.1) is 0 Å². The zero-order chi connectivity index (χ0) is 17.9. The van der Waals surface area contributed by atoms with Crippen LogP contribution < -0.4 is 5.32 Å². The maximum Gasteiger partial charge on any atom is 0.255 e. The van der Waals surface area contributed by atoms with Crippen LogP contribution in [0.4, 0.5) is 5.69 Å². The Morgan fingerprint density at radius 2 is 1.77 bits per heavy atom. The number of aromatic nitrogens is 2. The quantitative estimate of drug-likeness (QED) is 0.522. The predicted molar refractivity (Wildman–Crippen MR) is 107 cm³/mol. The lowest BCUT2D eigenvalue weighted by Gasteiger charge is -2.07. The van der Waals surface area contributed by atoms with Crippen molar-refractivity contribution in [3.63, 3.8) is 0 Å². The zero-order valence-electron chi connectivity index (χ0n) is 14.2. The van der Waals surface area contributed by atoms with Crippen molar-refractivity contribution in [2.24, 2.45) is 0 Å². The summed E-state index contributed by atoms with van der Waals surface area (Å²) < 4.78 is 2.01. The third-order valence-electron chi connectivity index (χ3n) is 4.19. The van der Waals surface area contributed by atoms with E-state index < -0.39 is 0 Å². The van der Waals surface area contributed by atoms with Crippen molar-refractivity contribution in [3.05, 3.63) is 84.7 Å². The first kappa shape index (κ1) is 16.4. The molecule has 0 aliphatic rings. The molecular weight excluding hydrogens is 342 g/mol. The Bertz CT molecular complexity index is 1060. The first-order chi connectivity index (χ1) is 12.7. The molecule has 0 spiro atoms. The van der Waals surface area contributed by atoms with Crippen LogP contribution in [0.15, 0.2) is 84.0 Å². The average Bonchev–Trinajstić information content (AvgIpc) is 3.12. The van der Waals surface area contributed by atoms with Gasteiger partial charge < -0.3 is 5.32 Å². The molecule has 1 amide bonds. The number of hydrogen-bond acceptors (Lipinski definition) is 3. The number of amides is 1. The maximum atomic E-state index is 12.5. The van der Waals surface area contributed by atoms with Crippen LogP contribution in [0.2, 0.25) is 0 Å². The van der Waals surface area contributed by atoms with E-state index in [0.29, 0.717) is 5.56 Å². The number of thioether (sulfide) groups is 1. The molecule has 1 aromatic heterocycles. The highest BCUT2D eigenvalue weighted by molar-refractivity contribution is 7.98. The third-order valence-corrected chi connectivity index (χ3v) is 4.94. The molecule has 4 nitrogen and oxygen atoms in total. The Hall–Kier alpha value is -3.05. The van der Waals surface area contributed by atoms with Gasteiger partial charge in [-0.25, -0.2) is 4.98 Å². The van der Waals surface area contributed by atoms with Crippen LogP contribution in [-0.4, -0.2) is 21.7 Å². The molecular formula is C21H17N3OS. The van der Waals surface area contributed by atoms with E-state index in [-0.39, 0.29) is 5.91 Å². The number of nitrogens with one attached hydrogen (secondary N) is 1. The van der Waals surface area contributed by atoms with E-state index in [1.807, 2.05) is 83.6 Å². The fraction of sp³-hybridized carbons (Fsp3) is 0.0476. The smallest absolute Gasteiger partial charge is 0.255 e. The highest BCUT2D eigenvalue weighted by atomic mass is 32.2. The summed E-state index contributed by atoms with van der Waals surface area (Å²) in [5, 5.41) is 2.93. The monoisotopic (exact) mass is 359 g/mol. The summed E-state index contributed by atoms with van der Waals surface area (Å²) >= 11 is 1.67. The molecule has 0 aliphatic carbocycles. The van der Waals surface area contributed by atoms with Crippen molar-refractivity contribution in [2.45, 2.75) is 4.90 Å². The Morgan fingerprint density at radius 1 is 1.00 bits per heavy atom. The molecule has 26 heavy (non-hydrogen) atoms. The van der Waals surface area contributed by atoms with Gasteiger partial charge in [-0.3, -0.25) is 9.36 Å². The molecule has 5 heteroatoms. The fourth-order valence-electron chi connectivity index (χ4n) is 2.83. The van der Waals surface area contributed by atoms with Crippen LogP contribution in [0.5, 0.6) is 0 Å². The highest BCUT2D eigenvalue weighted by Gasteiger charge is 2.10. The molecule has 0 fully saturated rings. The third kappa shape index (κ3) is 3.21. The topological polar surface area (TPSA) is 46.9 Å². The maximum absolute atomic E-state index is 12.5. The van der Waals surface area contributed by atoms with Crippen LogP contribution in [-0.2, 0) is 0 Å². The summed E-state index contributed by atoms with van der Waals surface area (Å²) in [7, 11) is 0. The van der Waals surface area contributed by atoms with Crippen LogP contribution in [0.3, 0.4) is 0 Å². The molecule has 0 atom stereocenters. The van der Waals surface area contributed by atoms with E-state index in [9.17, 15) is 4.79 Å². The lowest BCUT2D eigenvalue weighted by Crippen LogP contribution is -2.11. The lowest BCUT2D eigenvalue weighted by molar-refractivity contribution is 0.102. The van der Waals surface area contributed by atoms with Gasteiger partial charge in [0.2, 0.25) is 0 Å². The molecule has 0 radical (unpaired) electrons. The summed E-state index contributed by atoms with van der Waals surface area (Å²) in [6.45, 7) is 0. The van der Waals surface area contributed by atoms with Gasteiger partial charge in [0, 0.05) is 21.8 Å². The molecule has 0 aliphatic heterocycles. The van der Waals surface area contributed by atoms with Crippen molar-refractivity contribution < 1.29 is 4.79 Å². The molecule has 0 bridgehead atoms. The number of anilines is 1. The van der Waals surface area contributed by atoms with Crippen LogP contribution in [0.1, 0.15) is 10.4 Å². The highest BCUT2D eigenvalue weighted by Crippen LogP contribution is 2.21. The van der Waals surface area contributed by atoms with Gasteiger partial charge in [0.15, 0.2) is 0 Å². The van der Waals surface area contributed by atoms with E-state index in [2.05, 4.69) is 10.3 Å². The number of benzene rings is 3. The van der Waals surface area contributed by atoms with Crippen molar-refractivity contribution in [1.29, 1.82) is 0 Å². The lowest BCUT2D eigenvalue weighted by atomic mass is 10.1. The normalized spacial score (nSPS) is 10.8. The Balaban J connectivity index is 1.60. The standard InChI is InChI=1S/C21H17N3OS/c1-26-18-10-8-16(9-11-18)23-21(25)15-7-12-20-19(13-15)22-14-24(20)17-5-3-2-4-6-17/h2-14H,1H3,(H,23,25). The Kier molecular flexibility index (Phi) is 4.46. The summed E-state index contributed by atoms with van der Waals surface area (Å²) in [4.78, 5) is 18.1. The van der Waals surface area contributed by atoms with Gasteiger partial charge in [-0.05, 0) is 60.9 Å². The van der Waals surface area contributed by atoms with Crippen molar-refractivity contribution in [3.8, 4) is 5.69 Å². The summed E-state index contributed by atoms with van der Waals surface area (Å²) in [6, 6.07) is 23.4. The number of rotatable bonds is 4. The molecule has 1 N–H and O–H groups in total. The van der Waals surface area contributed by atoms with Gasteiger partial charge in [-0.2, -0.15) is 0 Å². The van der Waals surface area contributed by atoms with Gasteiger partial charge in [-0.15, -0.1) is 11.8 Å². The van der Waals surface area contributed by atoms with Crippen LogP contribution >= 0.6 is 11.8 Å². The predicted octanol–water partition coefficient (Wildman–Crippen LogP) is 5.00. The Morgan fingerprint density at radius 3 is 2.50 bits per heavy atom. The summed E-state index contributed by atoms with van der Waals surface area (Å²) in [5.74, 6) is -0.141. The minimum Gasteiger partial charge on any atom is -0.322 e. The SMILES string of the molecule is CSc1ccc(NC(=O)c2ccc3c(c2)ncn3-c2ccccc2)cc1. The second kappa shape index (κ2) is 7.06. The first-order valence-corrected chi connectivity index (χ1v) is 9.45. The second-order valence-electron chi connectivity index (χ2n) is 5.84. The number of carbonyl (C=O) groups excluding carboxylic acids is 1. The van der Waals surface area contributed by atoms with Gasteiger partial charge in [0.25, 0.3) is 5.91 Å². The zero-order valence-corrected chi connectivity index (χ0v) is 15.0. The number of fused-ring (bicyclic) bond motifs is 1. The molecule has 1 heterocycles. The van der Waals surface area contributed by atoms with E-state index >= 15 is 0 Å². The minimum absolute atomic E-state index is 0.141. The van der Waals surface area contributed by atoms with E-state index in [4.69, 9.17) is 0 Å². The summed E-state index contributed by atoms with van der Waals surface area (Å²) in [6.07, 6.45) is 3.81. The molecule has 4 aromatic rings. The van der Waals surface area contributed by atoms with Crippen molar-refractivity contribution in [1.82, 2.24) is 9.55 Å². The first-order valence-electron chi connectivity index (χ1n) is 8.22. The molecule has 0 saturated carbocycles. The van der Waals surface area contributed by atoms with Crippen molar-refractivity contribution >= 4 is 34.4 Å². The van der Waals surface area contributed by atoms with E-state index in [1.165, 1.54) is 0 Å². The number of para-hydroxylation sites is 1. The average molecular weight is 359 g/mol. The number of hydrogen-bond donors (Lipinski definition) is 1. The largest absolute Gasteiger partial charge is 0.322 e. The Labute approximate surface area is 155 Å².